The van der Waals surface area contributed by atoms with E-state index in [0.717, 1.165) is 6.42 Å². The van der Waals surface area contributed by atoms with Gasteiger partial charge >= 0.3 is 0 Å². The molecule has 110 valence electrons. The Morgan fingerprint density at radius 3 is 2.37 bits per heavy atom. The zero-order chi connectivity index (χ0) is 14.0. The van der Waals surface area contributed by atoms with Gasteiger partial charge in [0.15, 0.2) is 0 Å². The van der Waals surface area contributed by atoms with E-state index in [2.05, 4.69) is 18.6 Å². The predicted octanol–water partition coefficient (Wildman–Crippen LogP) is 0.736. The monoisotopic (exact) mass is 288 g/mol. The molecule has 0 amide bonds. The molecule has 2 rings (SSSR count). The Morgan fingerprint density at radius 2 is 1.84 bits per heavy atom. The second kappa shape index (κ2) is 5.91. The van der Waals surface area contributed by atoms with Crippen LogP contribution in [0.2, 0.25) is 0 Å². The molecule has 2 aliphatic rings. The van der Waals surface area contributed by atoms with E-state index in [0.29, 0.717) is 31.3 Å². The van der Waals surface area contributed by atoms with Crippen LogP contribution in [0.5, 0.6) is 0 Å². The van der Waals surface area contributed by atoms with Crippen LogP contribution in [0.3, 0.4) is 0 Å². The first-order valence-corrected chi connectivity index (χ1v) is 8.41. The lowest BCUT2D eigenvalue weighted by Gasteiger charge is -2.34. The molecule has 0 saturated carbocycles. The topological polar surface area (TPSA) is 69.6 Å². The lowest BCUT2D eigenvalue weighted by molar-refractivity contribution is 0.219. The Hall–Kier alpha value is -0.430. The third-order valence-corrected chi connectivity index (χ3v) is 5.46. The average Bonchev–Trinajstić information content (AvgIpc) is 2.74. The van der Waals surface area contributed by atoms with Crippen LogP contribution in [0.1, 0.15) is 26.7 Å². The SMILES string of the molecule is CC1CC(C)CN(S(=O)(=O)N[C@@H]2C=C[C@H](CO)C2)C1. The maximum atomic E-state index is 12.3. The normalized spacial score (nSPS) is 36.8. The van der Waals surface area contributed by atoms with Crippen molar-refractivity contribution < 1.29 is 13.5 Å². The van der Waals surface area contributed by atoms with Crippen LogP contribution in [0.25, 0.3) is 0 Å². The van der Waals surface area contributed by atoms with Crippen molar-refractivity contribution >= 4 is 10.2 Å². The summed E-state index contributed by atoms with van der Waals surface area (Å²) in [6.45, 7) is 5.45. The number of aliphatic hydroxyl groups is 1. The minimum Gasteiger partial charge on any atom is -0.396 e. The van der Waals surface area contributed by atoms with Crippen molar-refractivity contribution in [2.75, 3.05) is 19.7 Å². The average molecular weight is 288 g/mol. The molecule has 0 aromatic rings. The lowest BCUT2D eigenvalue weighted by Crippen LogP contribution is -2.50. The van der Waals surface area contributed by atoms with Gasteiger partial charge in [0.25, 0.3) is 10.2 Å². The quantitative estimate of drug-likeness (QED) is 0.750. The van der Waals surface area contributed by atoms with Crippen LogP contribution in [0.4, 0.5) is 0 Å². The smallest absolute Gasteiger partial charge is 0.280 e. The van der Waals surface area contributed by atoms with Crippen molar-refractivity contribution in [1.82, 2.24) is 9.03 Å². The molecule has 1 aliphatic heterocycles. The van der Waals surface area contributed by atoms with Crippen LogP contribution in [-0.2, 0) is 10.2 Å². The van der Waals surface area contributed by atoms with Gasteiger partial charge in [-0.2, -0.15) is 17.4 Å². The van der Waals surface area contributed by atoms with E-state index in [-0.39, 0.29) is 18.6 Å². The number of hydrogen-bond donors (Lipinski definition) is 2. The minimum atomic E-state index is -3.41. The van der Waals surface area contributed by atoms with Crippen molar-refractivity contribution in [3.8, 4) is 0 Å². The predicted molar refractivity (Wildman–Crippen MR) is 74.7 cm³/mol. The van der Waals surface area contributed by atoms with E-state index in [1.807, 2.05) is 12.2 Å². The minimum absolute atomic E-state index is 0.0758. The van der Waals surface area contributed by atoms with Gasteiger partial charge in [0.1, 0.15) is 0 Å². The molecule has 6 heteroatoms. The van der Waals surface area contributed by atoms with E-state index >= 15 is 0 Å². The van der Waals surface area contributed by atoms with Gasteiger partial charge in [-0.15, -0.1) is 0 Å². The van der Waals surface area contributed by atoms with Crippen LogP contribution >= 0.6 is 0 Å². The fourth-order valence-corrected chi connectivity index (χ4v) is 4.67. The largest absolute Gasteiger partial charge is 0.396 e. The summed E-state index contributed by atoms with van der Waals surface area (Å²) in [6.07, 6.45) is 5.46. The molecule has 19 heavy (non-hydrogen) atoms. The van der Waals surface area contributed by atoms with Gasteiger partial charge in [0.2, 0.25) is 0 Å². The number of aliphatic hydroxyl groups excluding tert-OH is 1. The molecule has 1 saturated heterocycles. The maximum Gasteiger partial charge on any atom is 0.280 e. The number of piperidine rings is 1. The van der Waals surface area contributed by atoms with Crippen molar-refractivity contribution in [3.63, 3.8) is 0 Å². The summed E-state index contributed by atoms with van der Waals surface area (Å²) < 4.78 is 29.0. The van der Waals surface area contributed by atoms with Crippen molar-refractivity contribution in [2.24, 2.45) is 17.8 Å². The van der Waals surface area contributed by atoms with Crippen LogP contribution in [-0.4, -0.2) is 43.6 Å². The number of hydrogen-bond acceptors (Lipinski definition) is 3. The fourth-order valence-electron chi connectivity index (χ4n) is 3.07. The second-order valence-electron chi connectivity index (χ2n) is 6.06. The molecular formula is C13H24N2O3S. The number of nitrogens with zero attached hydrogens (tertiary/aromatic N) is 1. The Balaban J connectivity index is 1.97. The third kappa shape index (κ3) is 3.78. The second-order valence-corrected chi connectivity index (χ2v) is 7.76. The highest BCUT2D eigenvalue weighted by atomic mass is 32.2. The molecule has 0 aromatic heterocycles. The molecular weight excluding hydrogens is 264 g/mol. The Morgan fingerprint density at radius 1 is 1.21 bits per heavy atom. The molecule has 2 N–H and O–H groups in total. The highest BCUT2D eigenvalue weighted by Gasteiger charge is 2.32. The van der Waals surface area contributed by atoms with Gasteiger partial charge in [-0.05, 0) is 24.7 Å². The standard InChI is InChI=1S/C13H24N2O3S/c1-10-5-11(2)8-15(7-10)19(17,18)14-13-4-3-12(6-13)9-16/h3-4,10-14,16H,5-9H2,1-2H3/t10?,11?,12-,13+/m0/s1. The van der Waals surface area contributed by atoms with Gasteiger partial charge in [-0.1, -0.05) is 26.0 Å². The Labute approximate surface area is 115 Å². The first kappa shape index (κ1) is 15.0. The van der Waals surface area contributed by atoms with Crippen molar-refractivity contribution in [2.45, 2.75) is 32.7 Å². The third-order valence-electron chi connectivity index (χ3n) is 3.88. The van der Waals surface area contributed by atoms with Crippen molar-refractivity contribution in [1.29, 1.82) is 0 Å². The Bertz CT molecular complexity index is 425. The molecule has 0 bridgehead atoms. The Kier molecular flexibility index (Phi) is 4.66. The van der Waals surface area contributed by atoms with Gasteiger partial charge in [0, 0.05) is 31.7 Å². The highest BCUT2D eigenvalue weighted by Crippen LogP contribution is 2.24. The number of nitrogens with one attached hydrogen (secondary N) is 1. The van der Waals surface area contributed by atoms with Gasteiger partial charge in [-0.25, -0.2) is 0 Å². The molecule has 1 aliphatic carbocycles. The van der Waals surface area contributed by atoms with E-state index < -0.39 is 10.2 Å². The summed E-state index contributed by atoms with van der Waals surface area (Å²) in [5.74, 6) is 0.890. The van der Waals surface area contributed by atoms with Gasteiger partial charge < -0.3 is 5.11 Å². The summed E-state index contributed by atoms with van der Waals surface area (Å²) in [5.41, 5.74) is 0. The summed E-state index contributed by atoms with van der Waals surface area (Å²) in [7, 11) is -3.41. The zero-order valence-electron chi connectivity index (χ0n) is 11.6. The summed E-state index contributed by atoms with van der Waals surface area (Å²) >= 11 is 0. The van der Waals surface area contributed by atoms with Crippen LogP contribution in [0.15, 0.2) is 12.2 Å². The van der Waals surface area contributed by atoms with E-state index in [1.54, 1.807) is 4.31 Å². The number of rotatable bonds is 4. The van der Waals surface area contributed by atoms with E-state index in [4.69, 9.17) is 5.11 Å². The van der Waals surface area contributed by atoms with Crippen LogP contribution < -0.4 is 4.72 Å². The molecule has 0 spiro atoms. The highest BCUT2D eigenvalue weighted by molar-refractivity contribution is 7.87. The van der Waals surface area contributed by atoms with Gasteiger partial charge in [-0.3, -0.25) is 0 Å². The molecule has 1 fully saturated rings. The summed E-state index contributed by atoms with van der Waals surface area (Å²) in [5, 5.41) is 9.06. The lowest BCUT2D eigenvalue weighted by atomic mass is 9.94. The summed E-state index contributed by atoms with van der Waals surface area (Å²) in [6, 6.07) is -0.185. The van der Waals surface area contributed by atoms with E-state index in [1.165, 1.54) is 0 Å². The molecule has 5 nitrogen and oxygen atoms in total. The molecule has 2 unspecified atom stereocenters. The summed E-state index contributed by atoms with van der Waals surface area (Å²) in [4.78, 5) is 0. The fraction of sp³-hybridized carbons (Fsp3) is 0.846. The molecule has 1 heterocycles. The van der Waals surface area contributed by atoms with Crippen molar-refractivity contribution in [3.05, 3.63) is 12.2 Å². The first-order chi connectivity index (χ1) is 8.90. The zero-order valence-corrected chi connectivity index (χ0v) is 12.4. The molecule has 0 radical (unpaired) electrons. The van der Waals surface area contributed by atoms with E-state index in [9.17, 15) is 8.42 Å². The maximum absolute atomic E-state index is 12.3. The molecule has 4 atom stereocenters. The van der Waals surface area contributed by atoms with Gasteiger partial charge in [0.05, 0.1) is 0 Å². The first-order valence-electron chi connectivity index (χ1n) is 6.97. The van der Waals surface area contributed by atoms with Crippen LogP contribution in [0, 0.1) is 17.8 Å². The molecule has 0 aromatic carbocycles.